The van der Waals surface area contributed by atoms with Crippen LogP contribution in [0, 0.1) is 0 Å². The van der Waals surface area contributed by atoms with Crippen molar-refractivity contribution in [2.75, 3.05) is 0 Å². The van der Waals surface area contributed by atoms with Crippen molar-refractivity contribution in [1.82, 2.24) is 0 Å². The monoisotopic (exact) mass is 770 g/mol. The van der Waals surface area contributed by atoms with Gasteiger partial charge in [-0.1, -0.05) is 0 Å². The number of halogens is 2. The number of rotatable bonds is 4. The fraction of sp³-hybridized carbons (Fsp3) is 0.213. The number of hydrogen-bond donors (Lipinski definition) is 0. The second-order valence-electron chi connectivity index (χ2n) is 15.8. The van der Waals surface area contributed by atoms with Crippen LogP contribution in [0.5, 0.6) is 0 Å². The smallest absolute Gasteiger partial charge is 0.147 e. The summed E-state index contributed by atoms with van der Waals surface area (Å²) in [6, 6.07) is 44.6. The normalized spacial score (nSPS) is 13.4. The van der Waals surface area contributed by atoms with Gasteiger partial charge in [0.1, 0.15) is 0 Å². The topological polar surface area (TPSA) is 0 Å². The zero-order chi connectivity index (χ0) is 33.2. The molecule has 0 saturated carbocycles. The molecule has 6 aromatic carbocycles. The van der Waals surface area contributed by atoms with Crippen LogP contribution >= 0.6 is 24.8 Å². The molecule has 252 valence electrons. The third-order valence-corrected chi connectivity index (χ3v) is 18.0. The first kappa shape index (κ1) is 36.4. The molecule has 8 rings (SSSR count). The molecule has 50 heavy (non-hydrogen) atoms. The molecule has 0 bridgehead atoms. The van der Waals surface area contributed by atoms with E-state index in [0.29, 0.717) is 0 Å². The molecule has 0 heterocycles. The van der Waals surface area contributed by atoms with E-state index in [0.717, 1.165) is 12.8 Å². The first-order valence-corrected chi connectivity index (χ1v) is 21.1. The minimum Gasteiger partial charge on any atom is -0.147 e. The Balaban J connectivity index is 0.00000216. The predicted octanol–water partition coefficient (Wildman–Crippen LogP) is 12.4. The molecule has 0 aromatic heterocycles. The van der Waals surface area contributed by atoms with Crippen LogP contribution < -0.4 is 3.27 Å². The first-order chi connectivity index (χ1) is 23.0. The van der Waals surface area contributed by atoms with Gasteiger partial charge in [-0.25, -0.2) is 0 Å². The number of benzene rings is 6. The van der Waals surface area contributed by atoms with Crippen LogP contribution in [0.15, 0.2) is 137 Å². The Bertz CT molecular complexity index is 2280. The molecule has 0 nitrogen and oxygen atoms in total. The van der Waals surface area contributed by atoms with E-state index >= 15 is 0 Å². The minimum absolute atomic E-state index is 0. The zero-order valence-electron chi connectivity index (χ0n) is 29.9. The van der Waals surface area contributed by atoms with Gasteiger partial charge in [0.25, 0.3) is 0 Å². The van der Waals surface area contributed by atoms with Crippen molar-refractivity contribution in [3.8, 4) is 11.1 Å². The Kier molecular flexibility index (Phi) is 10.2. The largest absolute Gasteiger partial charge is 0.147 e. The van der Waals surface area contributed by atoms with Crippen LogP contribution in [0.1, 0.15) is 81.3 Å². The van der Waals surface area contributed by atoms with E-state index in [1.54, 1.807) is 15.3 Å². The first-order valence-electron chi connectivity index (χ1n) is 17.4. The van der Waals surface area contributed by atoms with Crippen molar-refractivity contribution >= 4 is 52.8 Å². The summed E-state index contributed by atoms with van der Waals surface area (Å²) >= 11 is -2.85. The van der Waals surface area contributed by atoms with Gasteiger partial charge in [0, 0.05) is 0 Å². The summed E-state index contributed by atoms with van der Waals surface area (Å²) in [4.78, 5) is 0. The van der Waals surface area contributed by atoms with Crippen molar-refractivity contribution in [2.45, 2.75) is 65.2 Å². The maximum Gasteiger partial charge on any atom is -0.147 e. The molecule has 0 saturated heterocycles. The van der Waals surface area contributed by atoms with Crippen LogP contribution in [-0.4, -0.2) is 3.21 Å². The van der Waals surface area contributed by atoms with Crippen LogP contribution in [-0.2, 0) is 38.5 Å². The molecule has 2 aliphatic carbocycles. The van der Waals surface area contributed by atoms with Crippen LogP contribution in [0.3, 0.4) is 0 Å². The molecule has 0 unspecified atom stereocenters. The summed E-state index contributed by atoms with van der Waals surface area (Å²) in [5, 5.41) is 5.22. The standard InChI is InChI=1S/C21H14.C21H25.C5H5.2ClH.Zr/c1-3-7-20-14-16(9-11-18(20)5-1)13-17-10-12-19-6-2-4-8-21(19)15-17;1-20(2,3)16-9-7-14-11-15-8-10-17(21(4,5)6)13-19(15)18(14)12-16;1-2-4-5-3-1;;;/h1-12,14-15H;7,9-10,12-13H,11H2,1-6H3;1-3H,4H2;2*1H;. The SMILES string of the molecule is CC(C)(C)c1ccc2c(c1)-c1cc(C(C)(C)C)c[c]([Zr]([C]3=CC=CC3)=[C](c3ccc4ccccc4c3)c3ccc4ccccc4c3)c1C2.Cl.Cl. The molecule has 0 atom stereocenters. The van der Waals surface area contributed by atoms with E-state index in [-0.39, 0.29) is 35.6 Å². The van der Waals surface area contributed by atoms with Gasteiger partial charge in [-0.2, -0.15) is 0 Å². The molecule has 0 fully saturated rings. The molecule has 3 heteroatoms. The summed E-state index contributed by atoms with van der Waals surface area (Å²) in [5.74, 6) is 0. The average Bonchev–Trinajstić information content (AvgIpc) is 3.74. The van der Waals surface area contributed by atoms with E-state index in [1.807, 2.05) is 0 Å². The predicted molar refractivity (Wildman–Crippen MR) is 219 cm³/mol. The third-order valence-electron chi connectivity index (χ3n) is 10.4. The summed E-state index contributed by atoms with van der Waals surface area (Å²) in [5.41, 5.74) is 11.7. The van der Waals surface area contributed by atoms with E-state index in [9.17, 15) is 0 Å². The number of allylic oxidation sites excluding steroid dienone is 4. The average molecular weight is 773 g/mol. The maximum absolute atomic E-state index is 2.85. The molecule has 2 aliphatic rings. The van der Waals surface area contributed by atoms with Crippen LogP contribution in [0.25, 0.3) is 32.7 Å². The summed E-state index contributed by atoms with van der Waals surface area (Å²) in [6.07, 6.45) is 9.24. The Morgan fingerprint density at radius 3 is 1.66 bits per heavy atom. The van der Waals surface area contributed by atoms with Gasteiger partial charge in [-0.15, -0.1) is 24.8 Å². The number of fused-ring (bicyclic) bond motifs is 5. The summed E-state index contributed by atoms with van der Waals surface area (Å²) in [7, 11) is 0. The van der Waals surface area contributed by atoms with Gasteiger partial charge in [0.2, 0.25) is 0 Å². The van der Waals surface area contributed by atoms with Crippen molar-refractivity contribution in [3.05, 3.63) is 170 Å². The van der Waals surface area contributed by atoms with E-state index in [4.69, 9.17) is 0 Å². The summed E-state index contributed by atoms with van der Waals surface area (Å²) in [6.45, 7) is 14.2. The summed E-state index contributed by atoms with van der Waals surface area (Å²) < 4.78 is 4.90. The van der Waals surface area contributed by atoms with Crippen molar-refractivity contribution < 1.29 is 21.3 Å². The van der Waals surface area contributed by atoms with Gasteiger partial charge in [0.15, 0.2) is 0 Å². The fourth-order valence-corrected chi connectivity index (χ4v) is 15.6. The molecule has 0 radical (unpaired) electrons. The molecule has 0 N–H and O–H groups in total. The molecular weight excluding hydrogens is 727 g/mol. The molecular formula is C47H46Cl2Zr. The molecule has 0 spiro atoms. The van der Waals surface area contributed by atoms with E-state index in [1.165, 1.54) is 60.5 Å². The van der Waals surface area contributed by atoms with Gasteiger partial charge >= 0.3 is 296 Å². The van der Waals surface area contributed by atoms with E-state index < -0.39 is 21.3 Å². The maximum atomic E-state index is 2.66. The second-order valence-corrected chi connectivity index (χ2v) is 21.8. The van der Waals surface area contributed by atoms with Crippen LogP contribution in [0.4, 0.5) is 0 Å². The van der Waals surface area contributed by atoms with Crippen molar-refractivity contribution in [3.63, 3.8) is 0 Å². The Labute approximate surface area is 318 Å². The Hall–Kier alpha value is -3.35. The van der Waals surface area contributed by atoms with Crippen LogP contribution in [0.2, 0.25) is 0 Å². The molecule has 6 aromatic rings. The Morgan fingerprint density at radius 1 is 0.560 bits per heavy atom. The van der Waals surface area contributed by atoms with Crippen molar-refractivity contribution in [1.29, 1.82) is 0 Å². The molecule has 0 aliphatic heterocycles. The quantitative estimate of drug-likeness (QED) is 0.167. The fourth-order valence-electron chi connectivity index (χ4n) is 7.64. The van der Waals surface area contributed by atoms with Gasteiger partial charge in [-0.3, -0.25) is 0 Å². The van der Waals surface area contributed by atoms with Gasteiger partial charge in [0.05, 0.1) is 0 Å². The third kappa shape index (κ3) is 6.70. The van der Waals surface area contributed by atoms with E-state index in [2.05, 4.69) is 175 Å². The van der Waals surface area contributed by atoms with Crippen molar-refractivity contribution in [2.24, 2.45) is 0 Å². The molecule has 0 amide bonds. The number of hydrogen-bond acceptors (Lipinski definition) is 0. The Morgan fingerprint density at radius 2 is 1.12 bits per heavy atom. The zero-order valence-corrected chi connectivity index (χ0v) is 34.0. The van der Waals surface area contributed by atoms with Gasteiger partial charge < -0.3 is 0 Å². The minimum atomic E-state index is -2.85. The van der Waals surface area contributed by atoms with Gasteiger partial charge in [-0.05, 0) is 0 Å². The second kappa shape index (κ2) is 14.0.